The Labute approximate surface area is 170 Å². The third kappa shape index (κ3) is 19.0. The van der Waals surface area contributed by atoms with Gasteiger partial charge >= 0.3 is 35.5 Å². The maximum atomic E-state index is 10.6. The van der Waals surface area contributed by atoms with Gasteiger partial charge in [0.25, 0.3) is 0 Å². The Morgan fingerprint density at radius 1 is 0.818 bits per heavy atom. The van der Waals surface area contributed by atoms with Crippen molar-refractivity contribution in [3.05, 3.63) is 0 Å². The first-order valence-electron chi connectivity index (χ1n) is 9.05. The van der Waals surface area contributed by atoms with E-state index in [1.807, 2.05) is 0 Å². The predicted octanol–water partition coefficient (Wildman–Crippen LogP) is 3.82. The molecule has 0 aromatic carbocycles. The third-order valence-electron chi connectivity index (χ3n) is 4.08. The van der Waals surface area contributed by atoms with E-state index < -0.39 is 5.97 Å². The van der Waals surface area contributed by atoms with Crippen molar-refractivity contribution in [2.75, 3.05) is 0 Å². The van der Waals surface area contributed by atoms with Crippen LogP contribution in [0.1, 0.15) is 105 Å². The largest absolute Gasteiger partial charge is 1.00 e. The van der Waals surface area contributed by atoms with Gasteiger partial charge in [-0.1, -0.05) is 113 Å². The first kappa shape index (κ1) is 25.2. The molecule has 0 aliphatic rings. The second-order valence-electron chi connectivity index (χ2n) is 6.19. The van der Waals surface area contributed by atoms with Gasteiger partial charge in [0.2, 0.25) is 0 Å². The minimum absolute atomic E-state index is 0. The number of halogens is 1. The van der Waals surface area contributed by atoms with E-state index in [1.54, 1.807) is 0 Å². The van der Waals surface area contributed by atoms with Crippen molar-refractivity contribution >= 4 is 21.9 Å². The zero-order chi connectivity index (χ0) is 15.8. The van der Waals surface area contributed by atoms with Crippen LogP contribution >= 0.6 is 15.9 Å². The van der Waals surface area contributed by atoms with Crippen molar-refractivity contribution in [2.45, 2.75) is 108 Å². The second kappa shape index (κ2) is 20.0. The van der Waals surface area contributed by atoms with Crippen LogP contribution < -0.4 is 29.6 Å². The van der Waals surface area contributed by atoms with Gasteiger partial charge in [-0.05, 0) is 6.42 Å². The van der Waals surface area contributed by atoms with Crippen molar-refractivity contribution in [1.29, 1.82) is 0 Å². The summed E-state index contributed by atoms with van der Waals surface area (Å²) in [4.78, 5) is 10.3. The summed E-state index contributed by atoms with van der Waals surface area (Å²) < 4.78 is 0. The molecule has 0 fully saturated rings. The van der Waals surface area contributed by atoms with Crippen LogP contribution in [-0.2, 0) is 4.79 Å². The molecule has 1 unspecified atom stereocenters. The second-order valence-corrected chi connectivity index (χ2v) is 7.30. The Kier molecular flexibility index (Phi) is 22.9. The van der Waals surface area contributed by atoms with Crippen LogP contribution in [0.3, 0.4) is 0 Å². The van der Waals surface area contributed by atoms with Gasteiger partial charge in [-0.25, -0.2) is 0 Å². The van der Waals surface area contributed by atoms with Gasteiger partial charge in [0, 0.05) is 0 Å². The molecule has 1 N–H and O–H groups in total. The van der Waals surface area contributed by atoms with E-state index in [1.165, 1.54) is 83.5 Å². The first-order valence-corrected chi connectivity index (χ1v) is 9.97. The summed E-state index contributed by atoms with van der Waals surface area (Å²) in [5.41, 5.74) is 0. The maximum Gasteiger partial charge on any atom is 1.00 e. The summed E-state index contributed by atoms with van der Waals surface area (Å²) in [7, 11) is 0. The fourth-order valence-electron chi connectivity index (χ4n) is 2.64. The topological polar surface area (TPSA) is 37.3 Å². The summed E-state index contributed by atoms with van der Waals surface area (Å²) in [6, 6.07) is 0. The molecular formula is C18H36BrNaO2. The normalized spacial score (nSPS) is 11.9. The van der Waals surface area contributed by atoms with Gasteiger partial charge in [0.15, 0.2) is 0 Å². The summed E-state index contributed by atoms with van der Waals surface area (Å²) in [6.07, 6.45) is 19.5. The molecule has 0 aromatic heterocycles. The molecule has 0 bridgehead atoms. The van der Waals surface area contributed by atoms with Crippen molar-refractivity contribution in [3.8, 4) is 0 Å². The van der Waals surface area contributed by atoms with E-state index in [2.05, 4.69) is 22.9 Å². The minimum atomic E-state index is -0.732. The fraction of sp³-hybridized carbons (Fsp3) is 0.944. The molecule has 0 aliphatic carbocycles. The number of aliphatic carboxylic acids is 1. The Morgan fingerprint density at radius 2 is 1.14 bits per heavy atom. The van der Waals surface area contributed by atoms with E-state index >= 15 is 0 Å². The van der Waals surface area contributed by atoms with E-state index in [9.17, 15) is 4.79 Å². The zero-order valence-electron chi connectivity index (χ0n) is 15.9. The molecular weight excluding hydrogens is 351 g/mol. The zero-order valence-corrected chi connectivity index (χ0v) is 18.5. The van der Waals surface area contributed by atoms with Crippen LogP contribution in [0.2, 0.25) is 0 Å². The van der Waals surface area contributed by atoms with Gasteiger partial charge in [0.05, 0.1) is 0 Å². The van der Waals surface area contributed by atoms with Crippen molar-refractivity contribution in [1.82, 2.24) is 0 Å². The average Bonchev–Trinajstić information content (AvgIpc) is 2.47. The van der Waals surface area contributed by atoms with Gasteiger partial charge in [-0.15, -0.1) is 0 Å². The van der Waals surface area contributed by atoms with Crippen LogP contribution in [0.25, 0.3) is 0 Å². The van der Waals surface area contributed by atoms with Crippen LogP contribution in [0.4, 0.5) is 0 Å². The number of rotatable bonds is 16. The molecule has 22 heavy (non-hydrogen) atoms. The van der Waals surface area contributed by atoms with Crippen molar-refractivity contribution in [2.24, 2.45) is 0 Å². The van der Waals surface area contributed by atoms with Gasteiger partial charge in [-0.3, -0.25) is 4.79 Å². The van der Waals surface area contributed by atoms with E-state index in [4.69, 9.17) is 5.11 Å². The SMILES string of the molecule is CCCCCCCCCCCCCCCCC(Br)C(=O)O.[H-].[Na+]. The van der Waals surface area contributed by atoms with Gasteiger partial charge < -0.3 is 6.53 Å². The molecule has 0 amide bonds. The molecule has 0 rings (SSSR count). The number of alkyl halides is 1. The molecule has 1 atom stereocenters. The van der Waals surface area contributed by atoms with E-state index in [0.717, 1.165) is 12.8 Å². The molecule has 128 valence electrons. The minimum Gasteiger partial charge on any atom is -1.00 e. The van der Waals surface area contributed by atoms with E-state index in [-0.39, 0.29) is 35.8 Å². The molecule has 4 heteroatoms. The summed E-state index contributed by atoms with van der Waals surface area (Å²) >= 11 is 3.18. The van der Waals surface area contributed by atoms with Gasteiger partial charge in [-0.2, -0.15) is 0 Å². The Hall–Kier alpha value is 0.950. The molecule has 0 radical (unpaired) electrons. The molecule has 0 aromatic rings. The average molecular weight is 387 g/mol. The molecule has 0 saturated carbocycles. The fourth-order valence-corrected chi connectivity index (χ4v) is 2.97. The Bertz CT molecular complexity index is 243. The van der Waals surface area contributed by atoms with Crippen LogP contribution in [0, 0.1) is 0 Å². The molecule has 0 saturated heterocycles. The molecule has 2 nitrogen and oxygen atoms in total. The molecule has 0 heterocycles. The van der Waals surface area contributed by atoms with Crippen LogP contribution in [-0.4, -0.2) is 15.9 Å². The number of carboxylic acids is 1. The van der Waals surface area contributed by atoms with E-state index in [0.29, 0.717) is 0 Å². The number of hydrogen-bond acceptors (Lipinski definition) is 1. The Balaban J connectivity index is -0.00000200. The third-order valence-corrected chi connectivity index (χ3v) is 4.93. The summed E-state index contributed by atoms with van der Waals surface area (Å²) in [5, 5.41) is 8.74. The first-order chi connectivity index (χ1) is 10.2. The summed E-state index contributed by atoms with van der Waals surface area (Å²) in [6.45, 7) is 2.27. The van der Waals surface area contributed by atoms with Crippen molar-refractivity contribution < 1.29 is 40.9 Å². The maximum absolute atomic E-state index is 10.6. The monoisotopic (exact) mass is 386 g/mol. The van der Waals surface area contributed by atoms with Crippen molar-refractivity contribution in [3.63, 3.8) is 0 Å². The number of carboxylic acid groups (broad SMARTS) is 1. The predicted molar refractivity (Wildman–Crippen MR) is 96.4 cm³/mol. The summed E-state index contributed by atoms with van der Waals surface area (Å²) in [5.74, 6) is -0.732. The Morgan fingerprint density at radius 3 is 1.45 bits per heavy atom. The van der Waals surface area contributed by atoms with Crippen LogP contribution in [0.15, 0.2) is 0 Å². The molecule has 0 spiro atoms. The number of carbonyl (C=O) groups is 1. The molecule has 0 aliphatic heterocycles. The quantitative estimate of drug-likeness (QED) is 0.248. The standard InChI is InChI=1S/C18H35BrO2.Na.H/c1-2-3-4-5-6-7-8-9-10-11-12-13-14-15-16-17(19)18(20)21;;/h17H,2-16H2,1H3,(H,20,21);;/q;+1;-1. The van der Waals surface area contributed by atoms with Crippen LogP contribution in [0.5, 0.6) is 0 Å². The smallest absolute Gasteiger partial charge is 1.00 e. The van der Waals surface area contributed by atoms with Gasteiger partial charge in [0.1, 0.15) is 4.83 Å². The number of unbranched alkanes of at least 4 members (excludes halogenated alkanes) is 13. The number of hydrogen-bond donors (Lipinski definition) is 1.